The molecule has 1 aliphatic heterocycles. The van der Waals surface area contributed by atoms with E-state index in [9.17, 15) is 14.4 Å². The minimum absolute atomic E-state index is 0.0911. The minimum atomic E-state index is -0.734. The topological polar surface area (TPSA) is 91.4 Å². The van der Waals surface area contributed by atoms with Gasteiger partial charge in [-0.1, -0.05) is 26.0 Å². The normalized spacial score (nSPS) is 15.2. The zero-order valence-electron chi connectivity index (χ0n) is 21.1. The molecule has 33 heavy (non-hydrogen) atoms. The number of carbonyl (C=O) groups is 3. The molecule has 0 saturated carbocycles. The fourth-order valence-electron chi connectivity index (χ4n) is 3.15. The lowest BCUT2D eigenvalue weighted by Crippen LogP contribution is -2.53. The number of benzene rings is 1. The molecule has 4 amide bonds. The summed E-state index contributed by atoms with van der Waals surface area (Å²) in [6, 6.07) is 7.40. The van der Waals surface area contributed by atoms with Crippen LogP contribution in [0.5, 0.6) is 0 Å². The lowest BCUT2D eigenvalue weighted by atomic mass is 10.0. The van der Waals surface area contributed by atoms with Crippen LogP contribution in [0.3, 0.4) is 0 Å². The van der Waals surface area contributed by atoms with Gasteiger partial charge in [0.2, 0.25) is 0 Å². The van der Waals surface area contributed by atoms with Gasteiger partial charge in [0.25, 0.3) is 0 Å². The Balaban J connectivity index is 2.15. The highest BCUT2D eigenvalue weighted by molar-refractivity contribution is 5.89. The van der Waals surface area contributed by atoms with Crippen molar-refractivity contribution in [2.45, 2.75) is 72.5 Å². The highest BCUT2D eigenvalue weighted by Gasteiger charge is 2.36. The maximum Gasteiger partial charge on any atom is 0.429 e. The number of amides is 4. The first kappa shape index (κ1) is 26.3. The van der Waals surface area contributed by atoms with Crippen LogP contribution in [-0.4, -0.2) is 70.5 Å². The molecule has 9 heteroatoms. The molecule has 0 bridgehead atoms. The van der Waals surface area contributed by atoms with Gasteiger partial charge in [-0.25, -0.2) is 24.4 Å². The average molecular weight is 463 g/mol. The van der Waals surface area contributed by atoms with Crippen LogP contribution in [0.4, 0.5) is 20.1 Å². The van der Waals surface area contributed by atoms with Gasteiger partial charge in [0.15, 0.2) is 0 Å². The van der Waals surface area contributed by atoms with Crippen molar-refractivity contribution in [1.82, 2.24) is 14.9 Å². The summed E-state index contributed by atoms with van der Waals surface area (Å²) in [7, 11) is 0. The van der Waals surface area contributed by atoms with Crippen molar-refractivity contribution in [2.24, 2.45) is 0 Å². The summed E-state index contributed by atoms with van der Waals surface area (Å²) in [6.45, 7) is 15.4. The molecule has 1 saturated heterocycles. The summed E-state index contributed by atoms with van der Waals surface area (Å²) in [6.07, 6.45) is -1.33. The van der Waals surface area contributed by atoms with Crippen LogP contribution in [0, 0.1) is 0 Å². The van der Waals surface area contributed by atoms with Gasteiger partial charge < -0.3 is 19.7 Å². The quantitative estimate of drug-likeness (QED) is 0.664. The third-order valence-electron chi connectivity index (χ3n) is 4.78. The van der Waals surface area contributed by atoms with Crippen LogP contribution in [-0.2, 0) is 9.47 Å². The van der Waals surface area contributed by atoms with Crippen molar-refractivity contribution < 1.29 is 23.9 Å². The molecular formula is C24H38N4O5. The summed E-state index contributed by atoms with van der Waals surface area (Å²) < 4.78 is 11.0. The Hall–Kier alpha value is -2.97. The zero-order valence-corrected chi connectivity index (χ0v) is 21.1. The van der Waals surface area contributed by atoms with Gasteiger partial charge in [-0.05, 0) is 65.2 Å². The summed E-state index contributed by atoms with van der Waals surface area (Å²) >= 11 is 0. The Bertz CT molecular complexity index is 802. The molecule has 9 nitrogen and oxygen atoms in total. The number of hydrogen-bond acceptors (Lipinski definition) is 5. The Labute approximate surface area is 197 Å². The van der Waals surface area contributed by atoms with Gasteiger partial charge in [-0.15, -0.1) is 0 Å². The smallest absolute Gasteiger partial charge is 0.429 e. The molecule has 1 aliphatic rings. The van der Waals surface area contributed by atoms with E-state index in [1.54, 1.807) is 46.4 Å². The molecule has 1 aromatic rings. The van der Waals surface area contributed by atoms with Crippen LogP contribution >= 0.6 is 0 Å². The van der Waals surface area contributed by atoms with Gasteiger partial charge >= 0.3 is 18.2 Å². The van der Waals surface area contributed by atoms with Crippen LogP contribution in [0.25, 0.3) is 0 Å². The van der Waals surface area contributed by atoms with Crippen molar-refractivity contribution in [3.63, 3.8) is 0 Å². The van der Waals surface area contributed by atoms with Crippen LogP contribution in [0.1, 0.15) is 66.9 Å². The SMILES string of the molecule is CC(C)c1ccc(NC(=O)N2CCN(C(=O)OC(C)(C)C)N(C(=O)OC(C)(C)C)CC2)cc1. The van der Waals surface area contributed by atoms with E-state index in [1.165, 1.54) is 15.6 Å². The first-order valence-electron chi connectivity index (χ1n) is 11.3. The maximum atomic E-state index is 12.9. The van der Waals surface area contributed by atoms with Crippen molar-refractivity contribution in [3.8, 4) is 0 Å². The molecule has 184 valence electrons. The van der Waals surface area contributed by atoms with Gasteiger partial charge in [0.1, 0.15) is 11.2 Å². The standard InChI is InChI=1S/C24H38N4O5/c1-17(2)18-9-11-19(12-10-18)25-20(29)26-13-15-27(21(30)32-23(3,4)5)28(16-14-26)22(31)33-24(6,7)8/h9-12,17H,13-16H2,1-8H3,(H,25,29). The molecule has 1 aromatic carbocycles. The van der Waals surface area contributed by atoms with E-state index < -0.39 is 23.4 Å². The lowest BCUT2D eigenvalue weighted by Gasteiger charge is -2.35. The third-order valence-corrected chi connectivity index (χ3v) is 4.78. The predicted molar refractivity (Wildman–Crippen MR) is 127 cm³/mol. The lowest BCUT2D eigenvalue weighted by molar-refractivity contribution is -0.0572. The molecule has 1 fully saturated rings. The average Bonchev–Trinajstić information content (AvgIpc) is 2.89. The first-order valence-corrected chi connectivity index (χ1v) is 11.3. The molecule has 0 atom stereocenters. The highest BCUT2D eigenvalue weighted by Crippen LogP contribution is 2.19. The van der Waals surface area contributed by atoms with E-state index in [2.05, 4.69) is 19.2 Å². The van der Waals surface area contributed by atoms with Crippen LogP contribution < -0.4 is 5.32 Å². The second-order valence-corrected chi connectivity index (χ2v) is 10.4. The van der Waals surface area contributed by atoms with Crippen molar-refractivity contribution in [3.05, 3.63) is 29.8 Å². The van der Waals surface area contributed by atoms with Crippen molar-refractivity contribution in [2.75, 3.05) is 31.5 Å². The summed E-state index contributed by atoms with van der Waals surface area (Å²) in [4.78, 5) is 40.1. The number of nitrogens with zero attached hydrogens (tertiary/aromatic N) is 3. The molecule has 0 spiro atoms. The molecule has 2 rings (SSSR count). The van der Waals surface area contributed by atoms with E-state index in [0.29, 0.717) is 11.6 Å². The number of rotatable bonds is 2. The van der Waals surface area contributed by atoms with E-state index in [0.717, 1.165) is 0 Å². The van der Waals surface area contributed by atoms with Gasteiger partial charge in [-0.2, -0.15) is 0 Å². The van der Waals surface area contributed by atoms with Crippen molar-refractivity contribution in [1.29, 1.82) is 0 Å². The molecule has 0 unspecified atom stereocenters. The molecule has 1 N–H and O–H groups in total. The van der Waals surface area contributed by atoms with E-state index >= 15 is 0 Å². The third kappa shape index (κ3) is 8.14. The second-order valence-electron chi connectivity index (χ2n) is 10.4. The minimum Gasteiger partial charge on any atom is -0.442 e. The van der Waals surface area contributed by atoms with E-state index in [-0.39, 0.29) is 32.2 Å². The highest BCUT2D eigenvalue weighted by atomic mass is 16.6. The fourth-order valence-corrected chi connectivity index (χ4v) is 3.15. The summed E-state index contributed by atoms with van der Waals surface area (Å²) in [5.41, 5.74) is 0.398. The van der Waals surface area contributed by atoms with E-state index in [4.69, 9.17) is 9.47 Å². The number of hydrogen-bond donors (Lipinski definition) is 1. The Morgan fingerprint density at radius 2 is 1.21 bits per heavy atom. The van der Waals surface area contributed by atoms with Gasteiger partial charge in [0.05, 0.1) is 13.1 Å². The molecule has 1 heterocycles. The molecular weight excluding hydrogens is 424 g/mol. The Kier molecular flexibility index (Phi) is 8.21. The predicted octanol–water partition coefficient (Wildman–Crippen LogP) is 5.05. The van der Waals surface area contributed by atoms with Gasteiger partial charge in [-0.3, -0.25) is 0 Å². The number of hydrazine groups is 1. The number of carbonyl (C=O) groups excluding carboxylic acids is 3. The number of ether oxygens (including phenoxy) is 2. The molecule has 0 radical (unpaired) electrons. The number of anilines is 1. The fraction of sp³-hybridized carbons (Fsp3) is 0.625. The molecule has 0 aliphatic carbocycles. The number of urea groups is 1. The molecule has 0 aromatic heterocycles. The first-order chi connectivity index (χ1) is 15.2. The van der Waals surface area contributed by atoms with E-state index in [1.807, 2.05) is 24.3 Å². The van der Waals surface area contributed by atoms with Gasteiger partial charge in [0, 0.05) is 18.8 Å². The Morgan fingerprint density at radius 3 is 1.58 bits per heavy atom. The second kappa shape index (κ2) is 10.3. The van der Waals surface area contributed by atoms with Crippen LogP contribution in [0.2, 0.25) is 0 Å². The van der Waals surface area contributed by atoms with Crippen molar-refractivity contribution >= 4 is 23.9 Å². The largest absolute Gasteiger partial charge is 0.442 e. The summed E-state index contributed by atoms with van der Waals surface area (Å²) in [5.74, 6) is 0.401. The Morgan fingerprint density at radius 1 is 0.788 bits per heavy atom. The number of nitrogens with one attached hydrogen (secondary N) is 1. The maximum absolute atomic E-state index is 12.9. The van der Waals surface area contributed by atoms with Crippen LogP contribution in [0.15, 0.2) is 24.3 Å². The summed E-state index contributed by atoms with van der Waals surface area (Å²) in [5, 5.41) is 5.31. The monoisotopic (exact) mass is 462 g/mol. The zero-order chi connectivity index (χ0) is 25.0.